The molecule has 0 spiro atoms. The summed E-state index contributed by atoms with van der Waals surface area (Å²) in [7, 11) is 0. The first-order valence-electron chi connectivity index (χ1n) is 15.3. The molecule has 0 saturated carbocycles. The lowest BCUT2D eigenvalue weighted by atomic mass is 9.92. The van der Waals surface area contributed by atoms with Crippen LogP contribution in [0.1, 0.15) is 124 Å². The number of allylic oxidation sites excluding steroid dienone is 7. The highest BCUT2D eigenvalue weighted by atomic mass is 32.1. The number of hydrogen-bond donors (Lipinski definition) is 1. The number of ether oxygens (including phenoxy) is 1. The van der Waals surface area contributed by atoms with Crippen molar-refractivity contribution >= 4 is 22.7 Å². The molecule has 0 aliphatic heterocycles. The van der Waals surface area contributed by atoms with Gasteiger partial charge in [0.25, 0.3) is 5.56 Å². The van der Waals surface area contributed by atoms with Crippen molar-refractivity contribution in [2.45, 2.75) is 114 Å². The summed E-state index contributed by atoms with van der Waals surface area (Å²) >= 11 is 1.40. The summed E-state index contributed by atoms with van der Waals surface area (Å²) in [4.78, 5) is 31.3. The first-order valence-corrected chi connectivity index (χ1v) is 16.2. The van der Waals surface area contributed by atoms with Crippen LogP contribution in [0.2, 0.25) is 0 Å². The number of aromatic amines is 1. The van der Waals surface area contributed by atoms with Gasteiger partial charge in [-0.2, -0.15) is 0 Å². The van der Waals surface area contributed by atoms with Gasteiger partial charge in [0.1, 0.15) is 5.01 Å². The monoisotopic (exact) mass is 596 g/mol. The summed E-state index contributed by atoms with van der Waals surface area (Å²) in [6, 6.07) is 1.61. The number of rotatable bonds is 13. The molecular formula is C36H56N2O3S. The first kappa shape index (κ1) is 39.2. The van der Waals surface area contributed by atoms with Gasteiger partial charge in [-0.05, 0) is 64.0 Å². The topological polar surface area (TPSA) is 72.0 Å². The number of thiazole rings is 1. The molecule has 5 nitrogen and oxygen atoms in total. The summed E-state index contributed by atoms with van der Waals surface area (Å²) in [5.74, 6) is -0.0987. The average molecular weight is 597 g/mol. The van der Waals surface area contributed by atoms with Gasteiger partial charge in [-0.1, -0.05) is 97.8 Å². The van der Waals surface area contributed by atoms with Crippen LogP contribution in [0.5, 0.6) is 0 Å². The lowest BCUT2D eigenvalue weighted by Gasteiger charge is -2.24. The molecule has 2 rings (SSSR count). The Balaban J connectivity index is 0.00000100. The molecule has 1 N–H and O–H groups in total. The zero-order valence-corrected chi connectivity index (χ0v) is 29.0. The number of nitrogens with one attached hydrogen (secondary N) is 1. The third kappa shape index (κ3) is 13.9. The van der Waals surface area contributed by atoms with E-state index >= 15 is 0 Å². The molecule has 2 heterocycles. The molecule has 2 aromatic rings. The highest BCUT2D eigenvalue weighted by Gasteiger charge is 2.17. The number of carbonyl (C=O) groups excluding carboxylic acids is 1. The molecule has 0 aromatic carbocycles. The van der Waals surface area contributed by atoms with Gasteiger partial charge in [0.2, 0.25) is 0 Å². The Bertz CT molecular complexity index is 1240. The molecule has 0 radical (unpaired) electrons. The first-order chi connectivity index (χ1) is 19.9. The molecule has 2 aromatic heterocycles. The highest BCUT2D eigenvalue weighted by molar-refractivity contribution is 7.13. The third-order valence-corrected chi connectivity index (χ3v) is 7.55. The maximum absolute atomic E-state index is 12.3. The van der Waals surface area contributed by atoms with E-state index in [1.165, 1.54) is 42.9 Å². The Morgan fingerprint density at radius 3 is 2.33 bits per heavy atom. The van der Waals surface area contributed by atoms with Gasteiger partial charge in [-0.15, -0.1) is 11.3 Å². The standard InChI is InChI=1S/C23H26N2O2S.C10H22O.C3H8/c1-6-9-11-19(15(4)10-7-2)18(8-3)21-14-28-23(25-21)20-12-17(16(5)26)13-24-22(20)27;1-6-9(3)11-8-10(4,5)7-2;1-3-2/h6,8-9,11-14H,1,7,10H2,2-5H3,(H,24,27);9H,6-8H2,1-5H3;3H2,1-2H3/b11-9-,18-8+,19-15-;;. The molecule has 0 bridgehead atoms. The van der Waals surface area contributed by atoms with Crippen molar-refractivity contribution in [3.63, 3.8) is 0 Å². The van der Waals surface area contributed by atoms with E-state index in [0.717, 1.165) is 42.7 Å². The number of H-pyrrole nitrogens is 1. The lowest BCUT2D eigenvalue weighted by Crippen LogP contribution is -2.21. The van der Waals surface area contributed by atoms with Crippen molar-refractivity contribution in [2.75, 3.05) is 6.61 Å². The molecular weight excluding hydrogens is 540 g/mol. The van der Waals surface area contributed by atoms with Gasteiger partial charge in [0, 0.05) is 22.7 Å². The fraction of sp³-hybridized carbons (Fsp3) is 0.528. The minimum atomic E-state index is -0.252. The number of hydrogen-bond acceptors (Lipinski definition) is 5. The Labute approximate surface area is 259 Å². The van der Waals surface area contributed by atoms with Crippen LogP contribution in [0, 0.1) is 5.41 Å². The van der Waals surface area contributed by atoms with Gasteiger partial charge in [-0.3, -0.25) is 9.59 Å². The van der Waals surface area contributed by atoms with Crippen molar-refractivity contribution < 1.29 is 9.53 Å². The van der Waals surface area contributed by atoms with Gasteiger partial charge >= 0.3 is 0 Å². The van der Waals surface area contributed by atoms with E-state index < -0.39 is 0 Å². The third-order valence-electron chi connectivity index (χ3n) is 6.67. The highest BCUT2D eigenvalue weighted by Crippen LogP contribution is 2.32. The fourth-order valence-corrected chi connectivity index (χ4v) is 4.36. The maximum Gasteiger partial charge on any atom is 0.258 e. The van der Waals surface area contributed by atoms with Crippen LogP contribution in [0.15, 0.2) is 64.5 Å². The molecule has 0 saturated heterocycles. The zero-order chi connectivity index (χ0) is 32.3. The molecule has 0 aliphatic carbocycles. The second-order valence-electron chi connectivity index (χ2n) is 11.2. The van der Waals surface area contributed by atoms with E-state index in [0.29, 0.717) is 27.7 Å². The Morgan fingerprint density at radius 1 is 1.19 bits per heavy atom. The van der Waals surface area contributed by atoms with E-state index in [1.54, 1.807) is 12.1 Å². The quantitative estimate of drug-likeness (QED) is 0.184. The zero-order valence-electron chi connectivity index (χ0n) is 28.1. The molecule has 42 heavy (non-hydrogen) atoms. The van der Waals surface area contributed by atoms with Gasteiger partial charge in [0.15, 0.2) is 5.78 Å². The maximum atomic E-state index is 12.3. The molecule has 0 aliphatic rings. The predicted molar refractivity (Wildman–Crippen MR) is 185 cm³/mol. The van der Waals surface area contributed by atoms with Crippen LogP contribution >= 0.6 is 11.3 Å². The summed E-state index contributed by atoms with van der Waals surface area (Å²) in [5, 5.41) is 2.55. The number of Topliss-reactive ketones (excluding diaryl/α,β-unsaturated/α-hetero) is 1. The number of nitrogens with zero attached hydrogens (tertiary/aromatic N) is 1. The van der Waals surface area contributed by atoms with Gasteiger partial charge < -0.3 is 9.72 Å². The summed E-state index contributed by atoms with van der Waals surface area (Å²) in [6.45, 7) is 27.6. The Kier molecular flexibility index (Phi) is 19.5. The minimum absolute atomic E-state index is 0.0987. The second-order valence-corrected chi connectivity index (χ2v) is 12.1. The van der Waals surface area contributed by atoms with Crippen molar-refractivity contribution in [2.24, 2.45) is 5.41 Å². The van der Waals surface area contributed by atoms with Crippen molar-refractivity contribution in [3.8, 4) is 10.6 Å². The van der Waals surface area contributed by atoms with E-state index in [1.807, 2.05) is 24.5 Å². The van der Waals surface area contributed by atoms with E-state index in [-0.39, 0.29) is 11.3 Å². The van der Waals surface area contributed by atoms with Crippen molar-refractivity contribution in [1.29, 1.82) is 0 Å². The normalized spacial score (nSPS) is 13.0. The van der Waals surface area contributed by atoms with E-state index in [4.69, 9.17) is 9.72 Å². The number of pyridine rings is 1. The Morgan fingerprint density at radius 2 is 1.83 bits per heavy atom. The number of carbonyl (C=O) groups is 1. The molecule has 6 heteroatoms. The smallest absolute Gasteiger partial charge is 0.258 e. The van der Waals surface area contributed by atoms with Crippen LogP contribution in [0.4, 0.5) is 0 Å². The van der Waals surface area contributed by atoms with Crippen LogP contribution in [-0.2, 0) is 4.74 Å². The molecule has 0 amide bonds. The number of aromatic nitrogens is 2. The van der Waals surface area contributed by atoms with E-state index in [2.05, 4.69) is 80.0 Å². The summed E-state index contributed by atoms with van der Waals surface area (Å²) in [6.07, 6.45) is 15.2. The van der Waals surface area contributed by atoms with Crippen molar-refractivity contribution in [3.05, 3.63) is 81.3 Å². The number of ketones is 1. The SMILES string of the molecule is C=C\C=C/C(=C(\C)CCC)C(=C\C)/c1csc(-c2cc(C(C)=O)c[nH]c2=O)n1.CCC.CCC(C)OCC(C)(C)CC. The molecule has 234 valence electrons. The summed E-state index contributed by atoms with van der Waals surface area (Å²) < 4.78 is 5.65. The van der Waals surface area contributed by atoms with Crippen LogP contribution < -0.4 is 5.56 Å². The Hall–Kier alpha value is -2.83. The lowest BCUT2D eigenvalue weighted by molar-refractivity contribution is 0.00929. The van der Waals surface area contributed by atoms with Crippen LogP contribution in [-0.4, -0.2) is 28.5 Å². The minimum Gasteiger partial charge on any atom is -0.378 e. The predicted octanol–water partition coefficient (Wildman–Crippen LogP) is 10.6. The van der Waals surface area contributed by atoms with Crippen LogP contribution in [0.25, 0.3) is 16.1 Å². The largest absolute Gasteiger partial charge is 0.378 e. The van der Waals surface area contributed by atoms with Crippen molar-refractivity contribution in [1.82, 2.24) is 9.97 Å². The molecule has 1 atom stereocenters. The van der Waals surface area contributed by atoms with Gasteiger partial charge in [0.05, 0.1) is 24.0 Å². The summed E-state index contributed by atoms with van der Waals surface area (Å²) in [5.41, 5.74) is 5.20. The second kappa shape index (κ2) is 21.0. The van der Waals surface area contributed by atoms with E-state index in [9.17, 15) is 9.59 Å². The fourth-order valence-electron chi connectivity index (χ4n) is 3.53. The van der Waals surface area contributed by atoms with Crippen LogP contribution in [0.3, 0.4) is 0 Å². The van der Waals surface area contributed by atoms with Gasteiger partial charge in [-0.25, -0.2) is 4.98 Å². The molecule has 1 unspecified atom stereocenters. The average Bonchev–Trinajstić information content (AvgIpc) is 3.44. The molecule has 0 fully saturated rings.